The Morgan fingerprint density at radius 1 is 1.75 bits per heavy atom. The van der Waals surface area contributed by atoms with Gasteiger partial charge in [-0.25, -0.2) is 0 Å². The van der Waals surface area contributed by atoms with Crippen molar-refractivity contribution in [1.29, 1.82) is 0 Å². The van der Waals surface area contributed by atoms with Gasteiger partial charge in [-0.2, -0.15) is 4.98 Å². The summed E-state index contributed by atoms with van der Waals surface area (Å²) in [5.74, 6) is 0.747. The Kier molecular flexibility index (Phi) is 3.09. The number of nitrogens with zero attached hydrogens (tertiary/aromatic N) is 2. The van der Waals surface area contributed by atoms with E-state index in [0.717, 1.165) is 0 Å². The molecule has 1 aromatic heterocycles. The summed E-state index contributed by atoms with van der Waals surface area (Å²) in [6.45, 7) is 1.69. The number of aromatic nitrogens is 2. The number of thioether (sulfide) groups is 1. The Hall–Kier alpha value is -1.04. The molecule has 1 N–H and O–H groups in total. The monoisotopic (exact) mass is 188 g/mol. The topological polar surface area (TPSA) is 76.2 Å². The molecular weight excluding hydrogens is 180 g/mol. The normalized spacial score (nSPS) is 10.1. The van der Waals surface area contributed by atoms with E-state index in [1.165, 1.54) is 11.8 Å². The minimum Gasteiger partial charge on any atom is -0.481 e. The van der Waals surface area contributed by atoms with E-state index in [1.54, 1.807) is 6.92 Å². The minimum absolute atomic E-state index is 0.0631. The van der Waals surface area contributed by atoms with Crippen molar-refractivity contribution in [1.82, 2.24) is 10.1 Å². The summed E-state index contributed by atoms with van der Waals surface area (Å²) in [5, 5.41) is 11.9. The quantitative estimate of drug-likeness (QED) is 0.749. The maximum absolute atomic E-state index is 10.1. The van der Waals surface area contributed by atoms with Gasteiger partial charge in [0, 0.05) is 6.92 Å². The second kappa shape index (κ2) is 4.10. The van der Waals surface area contributed by atoms with Gasteiger partial charge in [-0.1, -0.05) is 5.16 Å². The van der Waals surface area contributed by atoms with Crippen LogP contribution in [0.25, 0.3) is 0 Å². The van der Waals surface area contributed by atoms with Crippen molar-refractivity contribution < 1.29 is 14.4 Å². The number of carboxylic acids is 1. The second-order valence-electron chi connectivity index (χ2n) is 2.12. The summed E-state index contributed by atoms with van der Waals surface area (Å²) in [5.41, 5.74) is 0. The molecule has 0 atom stereocenters. The van der Waals surface area contributed by atoms with E-state index >= 15 is 0 Å². The molecule has 1 heterocycles. The van der Waals surface area contributed by atoms with Gasteiger partial charge >= 0.3 is 5.97 Å². The summed E-state index contributed by atoms with van der Waals surface area (Å²) >= 11 is 1.24. The highest BCUT2D eigenvalue weighted by atomic mass is 32.2. The van der Waals surface area contributed by atoms with Crippen LogP contribution in [0.3, 0.4) is 0 Å². The first kappa shape index (κ1) is 9.05. The first-order valence-electron chi connectivity index (χ1n) is 3.27. The molecule has 0 fully saturated rings. The van der Waals surface area contributed by atoms with E-state index in [0.29, 0.717) is 17.5 Å². The van der Waals surface area contributed by atoms with E-state index in [2.05, 4.69) is 10.1 Å². The van der Waals surface area contributed by atoms with Crippen molar-refractivity contribution in [3.63, 3.8) is 0 Å². The number of carboxylic acid groups (broad SMARTS) is 1. The van der Waals surface area contributed by atoms with Crippen LogP contribution in [0, 0.1) is 6.92 Å². The largest absolute Gasteiger partial charge is 0.481 e. The number of hydrogen-bond donors (Lipinski definition) is 1. The summed E-state index contributed by atoms with van der Waals surface area (Å²) in [6.07, 6.45) is 0. The molecule has 0 aliphatic carbocycles. The van der Waals surface area contributed by atoms with Gasteiger partial charge in [0.15, 0.2) is 5.82 Å². The predicted molar refractivity (Wildman–Crippen MR) is 42.8 cm³/mol. The minimum atomic E-state index is -0.833. The number of rotatable bonds is 4. The van der Waals surface area contributed by atoms with Crippen molar-refractivity contribution >= 4 is 17.7 Å². The lowest BCUT2D eigenvalue weighted by Crippen LogP contribution is -1.98. The van der Waals surface area contributed by atoms with Crippen molar-refractivity contribution in [3.8, 4) is 0 Å². The molecule has 0 amide bonds. The number of carbonyl (C=O) groups is 1. The molecule has 12 heavy (non-hydrogen) atoms. The van der Waals surface area contributed by atoms with Crippen LogP contribution in [0.4, 0.5) is 0 Å². The van der Waals surface area contributed by atoms with E-state index in [-0.39, 0.29) is 5.75 Å². The summed E-state index contributed by atoms with van der Waals surface area (Å²) in [6, 6.07) is 0. The third-order valence-electron chi connectivity index (χ3n) is 1.03. The van der Waals surface area contributed by atoms with Crippen molar-refractivity contribution in [2.45, 2.75) is 12.7 Å². The van der Waals surface area contributed by atoms with Gasteiger partial charge in [0.1, 0.15) is 0 Å². The first-order chi connectivity index (χ1) is 5.68. The Bertz CT molecular complexity index is 274. The van der Waals surface area contributed by atoms with Gasteiger partial charge in [0.2, 0.25) is 5.89 Å². The van der Waals surface area contributed by atoms with E-state index < -0.39 is 5.97 Å². The van der Waals surface area contributed by atoms with E-state index in [4.69, 9.17) is 9.63 Å². The second-order valence-corrected chi connectivity index (χ2v) is 3.10. The Morgan fingerprint density at radius 3 is 3.00 bits per heavy atom. The van der Waals surface area contributed by atoms with Gasteiger partial charge in [0.25, 0.3) is 0 Å². The molecule has 5 nitrogen and oxygen atoms in total. The molecule has 66 valence electrons. The van der Waals surface area contributed by atoms with Crippen LogP contribution >= 0.6 is 11.8 Å². The standard InChI is InChI=1S/C6H8N2O3S/c1-4-7-5(8-11-4)2-12-3-6(9)10/h2-3H2,1H3,(H,9,10). The maximum Gasteiger partial charge on any atom is 0.313 e. The number of aliphatic carboxylic acids is 1. The third kappa shape index (κ3) is 2.91. The van der Waals surface area contributed by atoms with Crippen molar-refractivity contribution in [2.24, 2.45) is 0 Å². The van der Waals surface area contributed by atoms with Crippen LogP contribution in [0.15, 0.2) is 4.52 Å². The van der Waals surface area contributed by atoms with Gasteiger partial charge in [-0.15, -0.1) is 11.8 Å². The Balaban J connectivity index is 2.29. The number of hydrogen-bond acceptors (Lipinski definition) is 5. The summed E-state index contributed by atoms with van der Waals surface area (Å²) in [4.78, 5) is 14.0. The summed E-state index contributed by atoms with van der Waals surface area (Å²) in [7, 11) is 0. The lowest BCUT2D eigenvalue weighted by molar-refractivity contribution is -0.133. The molecule has 0 aliphatic heterocycles. The molecule has 0 bridgehead atoms. The first-order valence-corrected chi connectivity index (χ1v) is 4.42. The average molecular weight is 188 g/mol. The smallest absolute Gasteiger partial charge is 0.313 e. The lowest BCUT2D eigenvalue weighted by Gasteiger charge is -1.90. The highest BCUT2D eigenvalue weighted by Gasteiger charge is 2.03. The zero-order valence-corrected chi connectivity index (χ0v) is 7.30. The van der Waals surface area contributed by atoms with Crippen LogP contribution in [0.5, 0.6) is 0 Å². The predicted octanol–water partition coefficient (Wildman–Crippen LogP) is 0.696. The lowest BCUT2D eigenvalue weighted by atomic mass is 10.7. The SMILES string of the molecule is Cc1nc(CSCC(=O)O)no1. The molecule has 0 aliphatic rings. The molecule has 1 rings (SSSR count). The molecule has 0 radical (unpaired) electrons. The van der Waals surface area contributed by atoms with Gasteiger partial charge < -0.3 is 9.63 Å². The fourth-order valence-electron chi connectivity index (χ4n) is 0.630. The average Bonchev–Trinajstić information content (AvgIpc) is 2.35. The van der Waals surface area contributed by atoms with Gasteiger partial charge in [0.05, 0.1) is 11.5 Å². The number of aryl methyl sites for hydroxylation is 1. The fraction of sp³-hybridized carbons (Fsp3) is 0.500. The van der Waals surface area contributed by atoms with Crippen LogP contribution in [-0.2, 0) is 10.5 Å². The molecule has 1 aromatic rings. The van der Waals surface area contributed by atoms with Crippen LogP contribution in [-0.4, -0.2) is 27.0 Å². The zero-order chi connectivity index (χ0) is 8.97. The van der Waals surface area contributed by atoms with Crippen LogP contribution < -0.4 is 0 Å². The maximum atomic E-state index is 10.1. The molecule has 0 saturated carbocycles. The van der Waals surface area contributed by atoms with Gasteiger partial charge in [-0.3, -0.25) is 4.79 Å². The Labute approximate surface area is 73.2 Å². The zero-order valence-electron chi connectivity index (χ0n) is 6.48. The van der Waals surface area contributed by atoms with E-state index in [9.17, 15) is 4.79 Å². The third-order valence-corrected chi connectivity index (χ3v) is 1.94. The summed E-state index contributed by atoms with van der Waals surface area (Å²) < 4.78 is 4.70. The molecule has 0 spiro atoms. The van der Waals surface area contributed by atoms with Crippen molar-refractivity contribution in [2.75, 3.05) is 5.75 Å². The highest BCUT2D eigenvalue weighted by Crippen LogP contribution is 2.08. The fourth-order valence-corrected chi connectivity index (χ4v) is 1.21. The van der Waals surface area contributed by atoms with Crippen molar-refractivity contribution in [3.05, 3.63) is 11.7 Å². The molecule has 0 aromatic carbocycles. The molecule has 0 unspecified atom stereocenters. The Morgan fingerprint density at radius 2 is 2.50 bits per heavy atom. The van der Waals surface area contributed by atoms with Gasteiger partial charge in [-0.05, 0) is 0 Å². The molecule has 0 saturated heterocycles. The van der Waals surface area contributed by atoms with Crippen LogP contribution in [0.2, 0.25) is 0 Å². The van der Waals surface area contributed by atoms with Crippen LogP contribution in [0.1, 0.15) is 11.7 Å². The molecular formula is C6H8N2O3S. The highest BCUT2D eigenvalue weighted by molar-refractivity contribution is 7.99. The van der Waals surface area contributed by atoms with E-state index in [1.807, 2.05) is 0 Å². The molecule has 6 heteroatoms.